The average molecular weight is 559 g/mol. The van der Waals surface area contributed by atoms with Gasteiger partial charge in [0.15, 0.2) is 0 Å². The molecular formula is C34H30N4O4. The number of para-hydroxylation sites is 1. The number of imide groups is 1. The summed E-state index contributed by atoms with van der Waals surface area (Å²) in [4.78, 5) is 28.2. The molecular weight excluding hydrogens is 528 g/mol. The van der Waals surface area contributed by atoms with Crippen molar-refractivity contribution in [1.82, 2.24) is 14.7 Å². The first-order valence-electron chi connectivity index (χ1n) is 13.5. The van der Waals surface area contributed by atoms with Crippen molar-refractivity contribution in [3.8, 4) is 34.5 Å². The van der Waals surface area contributed by atoms with Crippen LogP contribution in [0.4, 0.5) is 0 Å². The first-order chi connectivity index (χ1) is 20.3. The summed E-state index contributed by atoms with van der Waals surface area (Å²) < 4.78 is 12.4. The van der Waals surface area contributed by atoms with Gasteiger partial charge in [0.1, 0.15) is 28.8 Å². The molecule has 8 heteroatoms. The number of benzene rings is 3. The van der Waals surface area contributed by atoms with Gasteiger partial charge in [-0.3, -0.25) is 14.5 Å². The predicted molar refractivity (Wildman–Crippen MR) is 160 cm³/mol. The lowest BCUT2D eigenvalue weighted by Crippen LogP contribution is -2.43. The summed E-state index contributed by atoms with van der Waals surface area (Å²) in [5.74, 6) is 0.412. The second-order valence-electron chi connectivity index (χ2n) is 9.92. The fourth-order valence-electron chi connectivity index (χ4n) is 4.97. The monoisotopic (exact) mass is 558 g/mol. The van der Waals surface area contributed by atoms with Gasteiger partial charge in [0.05, 0.1) is 19.9 Å². The van der Waals surface area contributed by atoms with E-state index in [1.54, 1.807) is 31.9 Å². The molecule has 0 saturated heterocycles. The van der Waals surface area contributed by atoms with Crippen LogP contribution in [0.25, 0.3) is 23.0 Å². The lowest BCUT2D eigenvalue weighted by Gasteiger charge is -2.27. The van der Waals surface area contributed by atoms with Crippen LogP contribution in [-0.2, 0) is 16.0 Å². The molecule has 0 saturated carbocycles. The van der Waals surface area contributed by atoms with Crippen molar-refractivity contribution < 1.29 is 19.1 Å². The average Bonchev–Trinajstić information content (AvgIpc) is 3.43. The highest BCUT2D eigenvalue weighted by molar-refractivity contribution is 6.19. The number of carbonyl (C=O) groups is 2. The highest BCUT2D eigenvalue weighted by atomic mass is 16.5. The van der Waals surface area contributed by atoms with E-state index in [1.807, 2.05) is 92.0 Å². The molecule has 0 fully saturated rings. The van der Waals surface area contributed by atoms with Gasteiger partial charge in [0, 0.05) is 29.4 Å². The molecule has 0 N–H and O–H groups in total. The number of nitrogens with zero attached hydrogens (tertiary/aromatic N) is 4. The van der Waals surface area contributed by atoms with Crippen molar-refractivity contribution in [3.05, 3.63) is 112 Å². The zero-order valence-corrected chi connectivity index (χ0v) is 23.9. The number of ether oxygens (including phenoxy) is 2. The summed E-state index contributed by atoms with van der Waals surface area (Å²) in [6.45, 7) is 3.75. The van der Waals surface area contributed by atoms with Gasteiger partial charge in [-0.15, -0.1) is 0 Å². The number of amides is 2. The quantitative estimate of drug-likeness (QED) is 0.203. The van der Waals surface area contributed by atoms with Gasteiger partial charge in [0.2, 0.25) is 0 Å². The Bertz CT molecular complexity index is 1760. The minimum absolute atomic E-state index is 0.0480. The number of rotatable bonds is 8. The lowest BCUT2D eigenvalue weighted by molar-refractivity contribution is -0.140. The fraction of sp³-hybridized carbons (Fsp3) is 0.176. The molecule has 0 atom stereocenters. The first-order valence-corrected chi connectivity index (χ1v) is 13.5. The molecule has 1 aromatic heterocycles. The Labute approximate surface area is 244 Å². The fourth-order valence-corrected chi connectivity index (χ4v) is 4.97. The zero-order valence-electron chi connectivity index (χ0n) is 23.9. The minimum Gasteiger partial charge on any atom is -0.497 e. The summed E-state index contributed by atoms with van der Waals surface area (Å²) in [7, 11) is 3.21. The molecule has 0 unspecified atom stereocenters. The molecule has 1 aliphatic heterocycles. The van der Waals surface area contributed by atoms with Crippen molar-refractivity contribution in [2.24, 2.45) is 0 Å². The van der Waals surface area contributed by atoms with Crippen molar-refractivity contribution >= 4 is 17.9 Å². The zero-order chi connectivity index (χ0) is 29.8. The first kappa shape index (κ1) is 28.1. The van der Waals surface area contributed by atoms with E-state index in [-0.39, 0.29) is 17.7 Å². The molecule has 0 radical (unpaired) electrons. The van der Waals surface area contributed by atoms with Crippen LogP contribution in [-0.4, -0.2) is 47.3 Å². The second kappa shape index (κ2) is 12.0. The Morgan fingerprint density at radius 1 is 0.905 bits per heavy atom. The summed E-state index contributed by atoms with van der Waals surface area (Å²) >= 11 is 0. The maximum Gasteiger partial charge on any atom is 0.271 e. The van der Waals surface area contributed by atoms with Crippen LogP contribution >= 0.6 is 0 Å². The number of carbonyl (C=O) groups excluding carboxylic acids is 2. The number of hydrogen-bond donors (Lipinski definition) is 0. The van der Waals surface area contributed by atoms with Crippen LogP contribution in [0, 0.1) is 18.3 Å². The Balaban J connectivity index is 1.58. The van der Waals surface area contributed by atoms with E-state index >= 15 is 0 Å². The highest BCUT2D eigenvalue weighted by Crippen LogP contribution is 2.33. The molecule has 2 amide bonds. The van der Waals surface area contributed by atoms with Crippen LogP contribution in [0.3, 0.4) is 0 Å². The van der Waals surface area contributed by atoms with Crippen LogP contribution in [0.5, 0.6) is 11.5 Å². The molecule has 1 aliphatic rings. The van der Waals surface area contributed by atoms with Gasteiger partial charge in [-0.2, -0.15) is 10.4 Å². The Hall–Kier alpha value is -5.42. The van der Waals surface area contributed by atoms with E-state index in [0.29, 0.717) is 23.3 Å². The van der Waals surface area contributed by atoms with Crippen LogP contribution in [0.2, 0.25) is 0 Å². The maximum atomic E-state index is 13.8. The number of aromatic nitrogens is 2. The van der Waals surface area contributed by atoms with E-state index in [2.05, 4.69) is 0 Å². The predicted octanol–water partition coefficient (Wildman–Crippen LogP) is 5.70. The lowest BCUT2D eigenvalue weighted by atomic mass is 9.92. The number of aryl methyl sites for hydroxylation is 1. The Kier molecular flexibility index (Phi) is 8.02. The number of methoxy groups -OCH3 is 2. The van der Waals surface area contributed by atoms with Gasteiger partial charge < -0.3 is 9.47 Å². The van der Waals surface area contributed by atoms with Crippen LogP contribution in [0.1, 0.15) is 23.6 Å². The third-order valence-electron chi connectivity index (χ3n) is 7.36. The molecule has 4 aromatic rings. The molecule has 0 spiro atoms. The van der Waals surface area contributed by atoms with Crippen molar-refractivity contribution in [3.63, 3.8) is 0 Å². The summed E-state index contributed by atoms with van der Waals surface area (Å²) in [6, 6.07) is 24.9. The van der Waals surface area contributed by atoms with E-state index in [4.69, 9.17) is 14.6 Å². The van der Waals surface area contributed by atoms with E-state index in [9.17, 15) is 14.9 Å². The number of nitriles is 1. The number of hydrogen-bond acceptors (Lipinski definition) is 6. The van der Waals surface area contributed by atoms with Crippen molar-refractivity contribution in [2.45, 2.75) is 20.3 Å². The molecule has 42 heavy (non-hydrogen) atoms. The van der Waals surface area contributed by atoms with E-state index < -0.39 is 11.8 Å². The van der Waals surface area contributed by atoms with Gasteiger partial charge >= 0.3 is 0 Å². The molecule has 0 aliphatic carbocycles. The molecule has 0 bridgehead atoms. The van der Waals surface area contributed by atoms with Gasteiger partial charge in [-0.25, -0.2) is 4.68 Å². The molecule has 8 nitrogen and oxygen atoms in total. The molecule has 3 aromatic carbocycles. The third-order valence-corrected chi connectivity index (χ3v) is 7.36. The highest BCUT2D eigenvalue weighted by Gasteiger charge is 2.35. The van der Waals surface area contributed by atoms with Gasteiger partial charge in [-0.1, -0.05) is 30.3 Å². The smallest absolute Gasteiger partial charge is 0.271 e. The maximum absolute atomic E-state index is 13.8. The summed E-state index contributed by atoms with van der Waals surface area (Å²) in [5, 5.41) is 14.8. The van der Waals surface area contributed by atoms with E-state index in [1.165, 1.54) is 0 Å². The normalized spacial score (nSPS) is 14.4. The second-order valence-corrected chi connectivity index (χ2v) is 9.92. The van der Waals surface area contributed by atoms with Crippen LogP contribution < -0.4 is 9.47 Å². The van der Waals surface area contributed by atoms with Crippen molar-refractivity contribution in [2.75, 3.05) is 20.8 Å². The summed E-state index contributed by atoms with van der Waals surface area (Å²) in [5.41, 5.74) is 5.52. The van der Waals surface area contributed by atoms with Crippen molar-refractivity contribution in [1.29, 1.82) is 5.26 Å². The molecule has 5 rings (SSSR count). The van der Waals surface area contributed by atoms with Gasteiger partial charge in [0.25, 0.3) is 11.8 Å². The minimum atomic E-state index is -0.586. The standard InChI is InChI=1S/C34H30N4O4/c1-22-18-28(42-4)14-15-29(22)32-25(21-38(36-32)26-8-6-5-7-9-26)19-30-23(2)31(20-35)34(40)37(33(30)39)17-16-24-10-12-27(41-3)13-11-24/h5-15,18-19,21H,16-17H2,1-4H3/b30-19+. The largest absolute Gasteiger partial charge is 0.497 e. The van der Waals surface area contributed by atoms with E-state index in [0.717, 1.165) is 38.8 Å². The SMILES string of the molecule is COc1ccc(CCN2C(=O)C(C#N)=C(C)/C(=C\c3cn(-c4ccccc4)nc3-c3ccc(OC)cc3C)C2=O)cc1. The molecule has 2 heterocycles. The Morgan fingerprint density at radius 3 is 2.24 bits per heavy atom. The summed E-state index contributed by atoms with van der Waals surface area (Å²) in [6.07, 6.45) is 4.02. The topological polar surface area (TPSA) is 97.5 Å². The van der Waals surface area contributed by atoms with Gasteiger partial charge in [-0.05, 0) is 85.5 Å². The third kappa shape index (κ3) is 5.45. The Morgan fingerprint density at radius 2 is 1.60 bits per heavy atom. The molecule has 210 valence electrons. The van der Waals surface area contributed by atoms with Crippen LogP contribution in [0.15, 0.2) is 95.7 Å².